The lowest BCUT2D eigenvalue weighted by atomic mass is 10.3. The summed E-state index contributed by atoms with van der Waals surface area (Å²) in [6.45, 7) is -1.31. The molecule has 0 aliphatic rings. The quantitative estimate of drug-likeness (QED) is 0.834. The van der Waals surface area contributed by atoms with Gasteiger partial charge in [0.05, 0.1) is 6.54 Å². The predicted molar refractivity (Wildman–Crippen MR) is 66.2 cm³/mol. The third-order valence-electron chi connectivity index (χ3n) is 2.39. The molecule has 2 N–H and O–H groups in total. The molecule has 114 valence electrons. The Morgan fingerprint density at radius 3 is 2.90 bits per heavy atom. The second kappa shape index (κ2) is 6.18. The first-order valence-electron chi connectivity index (χ1n) is 5.68. The second-order valence-corrected chi connectivity index (χ2v) is 4.80. The van der Waals surface area contributed by atoms with Crippen LogP contribution in [0.15, 0.2) is 16.8 Å². The molecule has 1 amide bonds. The summed E-state index contributed by atoms with van der Waals surface area (Å²) in [5, 5.41) is 25.6. The molecule has 2 aromatic heterocycles. The standard InChI is InChI=1S/C10H10F3N5O2S/c11-10(12,13)7(19)3-14-8(20)4-18-16-9(15-17-18)6-1-2-21-5-6/h1-2,5,7,19H,3-4H2,(H,14,20). The largest absolute Gasteiger partial charge is 0.416 e. The molecule has 2 aromatic rings. The maximum Gasteiger partial charge on any atom is 0.416 e. The fraction of sp³-hybridized carbons (Fsp3) is 0.400. The number of carbonyl (C=O) groups excluding carboxylic acids is 1. The van der Waals surface area contributed by atoms with Gasteiger partial charge in [-0.15, -0.1) is 10.2 Å². The molecule has 1 atom stereocenters. The molecule has 7 nitrogen and oxygen atoms in total. The molecule has 0 aliphatic heterocycles. The number of amides is 1. The number of aromatic nitrogens is 4. The smallest absolute Gasteiger partial charge is 0.382 e. The molecule has 11 heteroatoms. The lowest BCUT2D eigenvalue weighted by molar-refractivity contribution is -0.201. The van der Waals surface area contributed by atoms with Crippen molar-refractivity contribution in [3.05, 3.63) is 16.8 Å². The Balaban J connectivity index is 1.86. The fourth-order valence-corrected chi connectivity index (χ4v) is 1.96. The third kappa shape index (κ3) is 4.23. The van der Waals surface area contributed by atoms with Crippen molar-refractivity contribution in [1.82, 2.24) is 25.5 Å². The van der Waals surface area contributed by atoms with Gasteiger partial charge in [0.1, 0.15) is 6.54 Å². The first kappa shape index (κ1) is 15.4. The Labute approximate surface area is 120 Å². The van der Waals surface area contributed by atoms with Crippen LogP contribution in [-0.2, 0) is 11.3 Å². The van der Waals surface area contributed by atoms with E-state index in [0.717, 1.165) is 10.4 Å². The van der Waals surface area contributed by atoms with Gasteiger partial charge in [0.25, 0.3) is 0 Å². The Morgan fingerprint density at radius 2 is 2.29 bits per heavy atom. The number of aliphatic hydroxyl groups is 1. The van der Waals surface area contributed by atoms with Crippen LogP contribution in [0.5, 0.6) is 0 Å². The van der Waals surface area contributed by atoms with Crippen molar-refractivity contribution in [2.45, 2.75) is 18.8 Å². The number of thiophene rings is 1. The van der Waals surface area contributed by atoms with Gasteiger partial charge in [-0.25, -0.2) is 0 Å². The number of rotatable bonds is 5. The molecule has 0 saturated heterocycles. The molecular formula is C10H10F3N5O2S. The van der Waals surface area contributed by atoms with Gasteiger partial charge in [0.2, 0.25) is 11.7 Å². The van der Waals surface area contributed by atoms with E-state index in [1.165, 1.54) is 11.3 Å². The molecule has 2 heterocycles. The molecule has 0 radical (unpaired) electrons. The minimum Gasteiger partial charge on any atom is -0.382 e. The van der Waals surface area contributed by atoms with Gasteiger partial charge in [-0.2, -0.15) is 29.3 Å². The van der Waals surface area contributed by atoms with Crippen molar-refractivity contribution in [2.75, 3.05) is 6.54 Å². The SMILES string of the molecule is O=C(Cn1nnc(-c2ccsc2)n1)NCC(O)C(F)(F)F. The summed E-state index contributed by atoms with van der Waals surface area (Å²) in [7, 11) is 0. The first-order valence-corrected chi connectivity index (χ1v) is 6.62. The van der Waals surface area contributed by atoms with Crippen LogP contribution >= 0.6 is 11.3 Å². The van der Waals surface area contributed by atoms with E-state index in [0.29, 0.717) is 5.82 Å². The Morgan fingerprint density at radius 1 is 1.52 bits per heavy atom. The number of hydrogen-bond donors (Lipinski definition) is 2. The van der Waals surface area contributed by atoms with Gasteiger partial charge in [-0.3, -0.25) is 4.79 Å². The number of carbonyl (C=O) groups is 1. The number of nitrogens with one attached hydrogen (secondary N) is 1. The number of halogens is 3. The highest BCUT2D eigenvalue weighted by Crippen LogP contribution is 2.19. The van der Waals surface area contributed by atoms with Gasteiger partial charge in [-0.1, -0.05) is 0 Å². The van der Waals surface area contributed by atoms with Gasteiger partial charge in [-0.05, 0) is 16.7 Å². The van der Waals surface area contributed by atoms with Gasteiger partial charge < -0.3 is 10.4 Å². The van der Waals surface area contributed by atoms with E-state index in [9.17, 15) is 18.0 Å². The molecule has 2 rings (SSSR count). The predicted octanol–water partition coefficient (Wildman–Crippen LogP) is 0.441. The number of aliphatic hydroxyl groups excluding tert-OH is 1. The zero-order valence-corrected chi connectivity index (χ0v) is 11.2. The summed E-state index contributed by atoms with van der Waals surface area (Å²) < 4.78 is 36.1. The van der Waals surface area contributed by atoms with Crippen LogP contribution in [0, 0.1) is 0 Å². The fourth-order valence-electron chi connectivity index (χ4n) is 1.33. The monoisotopic (exact) mass is 321 g/mol. The molecule has 0 fully saturated rings. The Hall–Kier alpha value is -2.01. The molecule has 0 aromatic carbocycles. The topological polar surface area (TPSA) is 92.9 Å². The molecular weight excluding hydrogens is 311 g/mol. The van der Waals surface area contributed by atoms with E-state index in [1.54, 1.807) is 11.4 Å². The first-order chi connectivity index (χ1) is 9.86. The number of tetrazole rings is 1. The van der Waals surface area contributed by atoms with Crippen molar-refractivity contribution in [1.29, 1.82) is 0 Å². The zero-order chi connectivity index (χ0) is 15.5. The third-order valence-corrected chi connectivity index (χ3v) is 3.07. The molecule has 1 unspecified atom stereocenters. The normalized spacial score (nSPS) is 13.1. The summed E-state index contributed by atoms with van der Waals surface area (Å²) in [4.78, 5) is 12.4. The van der Waals surface area contributed by atoms with E-state index >= 15 is 0 Å². The van der Waals surface area contributed by atoms with E-state index in [-0.39, 0.29) is 6.54 Å². The van der Waals surface area contributed by atoms with Crippen molar-refractivity contribution >= 4 is 17.2 Å². The zero-order valence-electron chi connectivity index (χ0n) is 10.4. The maximum atomic E-state index is 12.0. The summed E-state index contributed by atoms with van der Waals surface area (Å²) in [5.74, 6) is -0.438. The van der Waals surface area contributed by atoms with Crippen molar-refractivity contribution in [3.8, 4) is 11.4 Å². The van der Waals surface area contributed by atoms with Crippen LogP contribution in [0.4, 0.5) is 13.2 Å². The highest BCUT2D eigenvalue weighted by molar-refractivity contribution is 7.08. The second-order valence-electron chi connectivity index (χ2n) is 4.02. The molecule has 0 spiro atoms. The van der Waals surface area contributed by atoms with E-state index in [4.69, 9.17) is 5.11 Å². The van der Waals surface area contributed by atoms with Crippen LogP contribution in [0.2, 0.25) is 0 Å². The molecule has 0 saturated carbocycles. The molecule has 0 bridgehead atoms. The summed E-state index contributed by atoms with van der Waals surface area (Å²) in [6, 6.07) is 1.77. The summed E-state index contributed by atoms with van der Waals surface area (Å²) in [5.41, 5.74) is 0.735. The van der Waals surface area contributed by atoms with E-state index < -0.39 is 24.7 Å². The number of hydrogen-bond acceptors (Lipinski definition) is 6. The lowest BCUT2D eigenvalue weighted by Crippen LogP contribution is -2.41. The molecule has 21 heavy (non-hydrogen) atoms. The van der Waals surface area contributed by atoms with E-state index in [1.807, 2.05) is 10.7 Å². The number of alkyl halides is 3. The van der Waals surface area contributed by atoms with Crippen molar-refractivity contribution in [3.63, 3.8) is 0 Å². The van der Waals surface area contributed by atoms with Crippen LogP contribution in [-0.4, -0.2) is 50.0 Å². The van der Waals surface area contributed by atoms with Crippen LogP contribution in [0.3, 0.4) is 0 Å². The van der Waals surface area contributed by atoms with Crippen LogP contribution in [0.1, 0.15) is 0 Å². The van der Waals surface area contributed by atoms with Crippen LogP contribution in [0.25, 0.3) is 11.4 Å². The molecule has 0 aliphatic carbocycles. The van der Waals surface area contributed by atoms with Crippen molar-refractivity contribution in [2.24, 2.45) is 0 Å². The lowest BCUT2D eigenvalue weighted by Gasteiger charge is -2.14. The number of nitrogens with zero attached hydrogens (tertiary/aromatic N) is 4. The average Bonchev–Trinajstić information content (AvgIpc) is 3.04. The Kier molecular flexibility index (Phi) is 4.53. The maximum absolute atomic E-state index is 12.0. The Bertz CT molecular complexity index is 598. The summed E-state index contributed by atoms with van der Waals surface area (Å²) in [6.07, 6.45) is -7.38. The highest BCUT2D eigenvalue weighted by Gasteiger charge is 2.38. The summed E-state index contributed by atoms with van der Waals surface area (Å²) >= 11 is 1.44. The van der Waals surface area contributed by atoms with Crippen molar-refractivity contribution < 1.29 is 23.1 Å². The average molecular weight is 321 g/mol. The van der Waals surface area contributed by atoms with Crippen LogP contribution < -0.4 is 5.32 Å². The van der Waals surface area contributed by atoms with Gasteiger partial charge >= 0.3 is 6.18 Å². The van der Waals surface area contributed by atoms with Gasteiger partial charge in [0.15, 0.2) is 6.10 Å². The van der Waals surface area contributed by atoms with Gasteiger partial charge in [0, 0.05) is 10.9 Å². The minimum absolute atomic E-state index is 0.319. The van der Waals surface area contributed by atoms with E-state index in [2.05, 4.69) is 15.4 Å². The minimum atomic E-state index is -4.77. The highest BCUT2D eigenvalue weighted by atomic mass is 32.1.